The van der Waals surface area contributed by atoms with Crippen LogP contribution in [0.15, 0.2) is 46.5 Å². The number of halogens is 3. The lowest BCUT2D eigenvalue weighted by molar-refractivity contribution is 0.215. The van der Waals surface area contributed by atoms with Gasteiger partial charge in [0.2, 0.25) is 0 Å². The molecule has 0 spiro atoms. The van der Waals surface area contributed by atoms with Crippen LogP contribution in [0.3, 0.4) is 0 Å². The number of hydrogen-bond donors (Lipinski definition) is 0. The fraction of sp³-hybridized carbons (Fsp3) is 0.167. The fourth-order valence-electron chi connectivity index (χ4n) is 2.79. The Morgan fingerprint density at radius 2 is 2.00 bits per heavy atom. The lowest BCUT2D eigenvalue weighted by Gasteiger charge is -2.18. The van der Waals surface area contributed by atoms with Crippen LogP contribution >= 0.6 is 11.6 Å². The van der Waals surface area contributed by atoms with E-state index in [1.54, 1.807) is 13.0 Å². The highest BCUT2D eigenvalue weighted by atomic mass is 35.5. The van der Waals surface area contributed by atoms with Crippen LogP contribution in [0, 0.1) is 11.6 Å². The number of rotatable bonds is 5. The molecule has 6 nitrogen and oxygen atoms in total. The summed E-state index contributed by atoms with van der Waals surface area (Å²) in [5.41, 5.74) is -0.174. The molecule has 0 bridgehead atoms. The number of benzene rings is 1. The molecule has 0 amide bonds. The van der Waals surface area contributed by atoms with Gasteiger partial charge in [-0.1, -0.05) is 22.8 Å². The van der Waals surface area contributed by atoms with E-state index >= 15 is 0 Å². The summed E-state index contributed by atoms with van der Waals surface area (Å²) in [5.74, 6) is -1.61. The molecular formula is C18H15ClF2N4O2. The maximum atomic E-state index is 14.5. The van der Waals surface area contributed by atoms with Crippen molar-refractivity contribution in [1.29, 1.82) is 0 Å². The molecule has 9 heteroatoms. The first-order valence-corrected chi connectivity index (χ1v) is 8.36. The molecule has 140 valence electrons. The van der Waals surface area contributed by atoms with Gasteiger partial charge in [-0.3, -0.25) is 4.79 Å². The Balaban J connectivity index is 2.43. The van der Waals surface area contributed by atoms with Crippen molar-refractivity contribution in [1.82, 2.24) is 14.3 Å². The van der Waals surface area contributed by atoms with E-state index in [2.05, 4.69) is 15.1 Å². The van der Waals surface area contributed by atoms with E-state index in [0.717, 1.165) is 12.1 Å². The largest absolute Gasteiger partial charge is 0.399 e. The topological polar surface area (TPSA) is 61.4 Å². The normalized spacial score (nSPS) is 11.3. The highest BCUT2D eigenvalue weighted by Gasteiger charge is 2.23. The summed E-state index contributed by atoms with van der Waals surface area (Å²) >= 11 is 6.09. The van der Waals surface area contributed by atoms with Crippen molar-refractivity contribution in [2.24, 2.45) is 5.16 Å². The van der Waals surface area contributed by atoms with Gasteiger partial charge in [0.15, 0.2) is 0 Å². The molecule has 0 radical (unpaired) electrons. The zero-order valence-corrected chi connectivity index (χ0v) is 15.2. The minimum atomic E-state index is -0.806. The zero-order chi connectivity index (χ0) is 19.6. The summed E-state index contributed by atoms with van der Waals surface area (Å²) in [4.78, 5) is 17.2. The molecule has 1 aromatic carbocycles. The summed E-state index contributed by atoms with van der Waals surface area (Å²) in [7, 11) is 1.38. The van der Waals surface area contributed by atoms with E-state index in [1.165, 1.54) is 40.9 Å². The summed E-state index contributed by atoms with van der Waals surface area (Å²) in [5, 5.41) is 7.77. The predicted octanol–water partition coefficient (Wildman–Crippen LogP) is 3.63. The van der Waals surface area contributed by atoms with E-state index in [-0.39, 0.29) is 28.5 Å². The third kappa shape index (κ3) is 3.35. The Morgan fingerprint density at radius 1 is 1.30 bits per heavy atom. The third-order valence-corrected chi connectivity index (χ3v) is 4.20. The molecule has 2 heterocycles. The third-order valence-electron chi connectivity index (χ3n) is 3.93. The van der Waals surface area contributed by atoms with Gasteiger partial charge in [-0.05, 0) is 31.2 Å². The molecule has 0 unspecified atom stereocenters. The van der Waals surface area contributed by atoms with Crippen molar-refractivity contribution in [3.63, 3.8) is 0 Å². The minimum Gasteiger partial charge on any atom is -0.399 e. The number of nitrogens with zero attached hydrogens (tertiary/aromatic N) is 4. The van der Waals surface area contributed by atoms with Gasteiger partial charge >= 0.3 is 0 Å². The lowest BCUT2D eigenvalue weighted by atomic mass is 10.1. The Kier molecular flexibility index (Phi) is 5.36. The monoisotopic (exact) mass is 392 g/mol. The maximum Gasteiger partial charge on any atom is 0.269 e. The van der Waals surface area contributed by atoms with E-state index in [9.17, 15) is 13.6 Å². The van der Waals surface area contributed by atoms with Crippen molar-refractivity contribution in [3.05, 3.63) is 69.2 Å². The predicted molar refractivity (Wildman–Crippen MR) is 98.5 cm³/mol. The van der Waals surface area contributed by atoms with Gasteiger partial charge in [-0.2, -0.15) is 5.10 Å². The van der Waals surface area contributed by atoms with Crippen LogP contribution in [0.5, 0.6) is 0 Å². The first-order valence-electron chi connectivity index (χ1n) is 7.98. The van der Waals surface area contributed by atoms with E-state index < -0.39 is 17.2 Å². The van der Waals surface area contributed by atoms with Crippen LogP contribution in [0.25, 0.3) is 16.9 Å². The lowest BCUT2D eigenvalue weighted by Crippen LogP contribution is -2.24. The average molecular weight is 393 g/mol. The Labute approximate surface area is 158 Å². The summed E-state index contributed by atoms with van der Waals surface area (Å²) in [6.07, 6.45) is 2.86. The quantitative estimate of drug-likeness (QED) is 0.492. The molecular weight excluding hydrogens is 378 g/mol. The first kappa shape index (κ1) is 18.8. The number of pyridine rings is 1. The highest BCUT2D eigenvalue weighted by Crippen LogP contribution is 2.32. The van der Waals surface area contributed by atoms with Crippen LogP contribution in [-0.4, -0.2) is 27.7 Å². The smallest absolute Gasteiger partial charge is 0.269 e. The number of hydrogen-bond acceptors (Lipinski definition) is 4. The molecule has 0 atom stereocenters. The summed E-state index contributed by atoms with van der Waals surface area (Å²) < 4.78 is 31.7. The molecule has 0 N–H and O–H groups in total. The molecule has 0 aliphatic rings. The van der Waals surface area contributed by atoms with E-state index in [1.807, 2.05) is 0 Å². The van der Waals surface area contributed by atoms with Crippen LogP contribution in [0.2, 0.25) is 5.02 Å². The number of oxime groups is 1. The molecule has 0 fully saturated rings. The highest BCUT2D eigenvalue weighted by molar-refractivity contribution is 6.30. The fourth-order valence-corrected chi connectivity index (χ4v) is 2.99. The molecule has 2 aromatic heterocycles. The van der Waals surface area contributed by atoms with Crippen LogP contribution in [0.4, 0.5) is 8.78 Å². The van der Waals surface area contributed by atoms with E-state index in [4.69, 9.17) is 11.6 Å². The van der Waals surface area contributed by atoms with Gasteiger partial charge < -0.3 is 9.40 Å². The molecule has 0 saturated carbocycles. The molecule has 0 saturated heterocycles. The van der Waals surface area contributed by atoms with Crippen LogP contribution in [-0.2, 0) is 11.4 Å². The molecule has 3 rings (SSSR count). The van der Waals surface area contributed by atoms with Gasteiger partial charge in [0.25, 0.3) is 5.56 Å². The SMILES string of the molecule is CCn1c(-c2c(F)cccc2F)c(-n2nccc2C=NOC)cc(Cl)c1=O. The zero-order valence-electron chi connectivity index (χ0n) is 14.5. The van der Waals surface area contributed by atoms with Crippen molar-refractivity contribution in [2.75, 3.05) is 7.11 Å². The van der Waals surface area contributed by atoms with Gasteiger partial charge in [0.05, 0.1) is 35.1 Å². The minimum absolute atomic E-state index is 0.0262. The van der Waals surface area contributed by atoms with Crippen molar-refractivity contribution in [2.45, 2.75) is 13.5 Å². The van der Waals surface area contributed by atoms with E-state index in [0.29, 0.717) is 5.69 Å². The van der Waals surface area contributed by atoms with Gasteiger partial charge in [0.1, 0.15) is 23.8 Å². The Bertz CT molecular complexity index is 1060. The Morgan fingerprint density at radius 3 is 2.63 bits per heavy atom. The second-order valence-electron chi connectivity index (χ2n) is 5.46. The molecule has 0 aliphatic carbocycles. The second kappa shape index (κ2) is 7.71. The van der Waals surface area contributed by atoms with Crippen LogP contribution < -0.4 is 5.56 Å². The van der Waals surface area contributed by atoms with Gasteiger partial charge in [-0.25, -0.2) is 13.5 Å². The molecule has 0 aliphatic heterocycles. The summed E-state index contributed by atoms with van der Waals surface area (Å²) in [6, 6.07) is 6.45. The average Bonchev–Trinajstić information content (AvgIpc) is 3.11. The second-order valence-corrected chi connectivity index (χ2v) is 5.86. The van der Waals surface area contributed by atoms with Crippen molar-refractivity contribution >= 4 is 17.8 Å². The summed E-state index contributed by atoms with van der Waals surface area (Å²) in [6.45, 7) is 1.83. The molecule has 27 heavy (non-hydrogen) atoms. The first-order chi connectivity index (χ1) is 13.0. The number of aromatic nitrogens is 3. The van der Waals surface area contributed by atoms with Crippen molar-refractivity contribution in [3.8, 4) is 16.9 Å². The Hall–Kier alpha value is -3.00. The van der Waals surface area contributed by atoms with Crippen molar-refractivity contribution < 1.29 is 13.6 Å². The molecule has 3 aromatic rings. The standard InChI is InChI=1S/C18H15ClF2N4O2/c1-3-24-17(16-13(20)5-4-6-14(16)21)15(9-12(19)18(24)26)25-11(7-8-22-25)10-23-27-2/h4-10H,3H2,1-2H3. The van der Waals surface area contributed by atoms with Gasteiger partial charge in [0, 0.05) is 6.54 Å². The maximum absolute atomic E-state index is 14.5. The van der Waals surface area contributed by atoms with Gasteiger partial charge in [-0.15, -0.1) is 0 Å². The van der Waals surface area contributed by atoms with Crippen LogP contribution in [0.1, 0.15) is 12.6 Å².